The zero-order valence-electron chi connectivity index (χ0n) is 8.26. The number of hydrogen-bond acceptors (Lipinski definition) is 5. The van der Waals surface area contributed by atoms with Crippen LogP contribution in [0.4, 0.5) is 20.3 Å². The van der Waals surface area contributed by atoms with Crippen molar-refractivity contribution in [1.29, 1.82) is 0 Å². The summed E-state index contributed by atoms with van der Waals surface area (Å²) in [7, 11) is 0. The Balaban J connectivity index is 3.49. The van der Waals surface area contributed by atoms with Crippen molar-refractivity contribution in [3.63, 3.8) is 0 Å². The number of anilines is 1. The smallest absolute Gasteiger partial charge is 0.308 e. The molecule has 3 N–H and O–H groups in total. The van der Waals surface area contributed by atoms with Gasteiger partial charge < -0.3 is 10.8 Å². The monoisotopic (exact) mass is 247 g/mol. The van der Waals surface area contributed by atoms with Crippen molar-refractivity contribution >= 4 is 17.5 Å². The van der Waals surface area contributed by atoms with Crippen molar-refractivity contribution in [2.45, 2.75) is 12.8 Å². The second-order valence-electron chi connectivity index (χ2n) is 3.05. The zero-order valence-corrected chi connectivity index (χ0v) is 8.26. The Bertz CT molecular complexity index is 478. The van der Waals surface area contributed by atoms with Crippen LogP contribution in [0.25, 0.3) is 0 Å². The number of hydrogen-bond donors (Lipinski definition) is 2. The molecule has 0 spiro atoms. The second kappa shape index (κ2) is 4.68. The minimum Gasteiger partial charge on any atom is -0.481 e. The molecule has 92 valence electrons. The molecule has 1 aromatic heterocycles. The van der Waals surface area contributed by atoms with Crippen LogP contribution in [0.5, 0.6) is 0 Å². The first-order valence-electron chi connectivity index (χ1n) is 4.26. The first-order chi connectivity index (χ1) is 7.84. The van der Waals surface area contributed by atoms with E-state index in [1.54, 1.807) is 0 Å². The third-order valence-corrected chi connectivity index (χ3v) is 1.98. The van der Waals surface area contributed by atoms with Crippen molar-refractivity contribution in [1.82, 2.24) is 4.98 Å². The molecule has 0 amide bonds. The Hall–Kier alpha value is -2.32. The Labute approximate surface area is 93.0 Å². The number of halogens is 2. The molecule has 0 bridgehead atoms. The van der Waals surface area contributed by atoms with E-state index in [1.165, 1.54) is 0 Å². The van der Waals surface area contributed by atoms with Gasteiger partial charge in [-0.2, -0.15) is 0 Å². The van der Waals surface area contributed by atoms with Crippen LogP contribution in [-0.4, -0.2) is 21.0 Å². The Morgan fingerprint density at radius 3 is 2.65 bits per heavy atom. The molecule has 0 fully saturated rings. The van der Waals surface area contributed by atoms with Crippen LogP contribution in [0.1, 0.15) is 17.6 Å². The van der Waals surface area contributed by atoms with Crippen LogP contribution >= 0.6 is 0 Å². The van der Waals surface area contributed by atoms with Crippen LogP contribution in [-0.2, 0) is 11.2 Å². The molecule has 0 atom stereocenters. The molecule has 0 unspecified atom stereocenters. The van der Waals surface area contributed by atoms with Crippen LogP contribution in [0.15, 0.2) is 6.20 Å². The summed E-state index contributed by atoms with van der Waals surface area (Å²) in [6.45, 7) is 0. The van der Waals surface area contributed by atoms with Gasteiger partial charge in [0, 0.05) is 0 Å². The first kappa shape index (κ1) is 12.7. The van der Waals surface area contributed by atoms with Crippen molar-refractivity contribution in [2.75, 3.05) is 5.73 Å². The van der Waals surface area contributed by atoms with Gasteiger partial charge in [0.05, 0.1) is 22.5 Å². The fourth-order valence-electron chi connectivity index (χ4n) is 1.31. The maximum atomic E-state index is 12.6. The number of aliphatic carboxylic acids is 1. The Morgan fingerprint density at radius 2 is 2.24 bits per heavy atom. The van der Waals surface area contributed by atoms with Crippen molar-refractivity contribution < 1.29 is 23.6 Å². The van der Waals surface area contributed by atoms with E-state index < -0.39 is 46.4 Å². The van der Waals surface area contributed by atoms with Crippen LogP contribution in [0.3, 0.4) is 0 Å². The number of nitrogen functional groups attached to an aromatic ring is 1. The van der Waals surface area contributed by atoms with E-state index in [-0.39, 0.29) is 0 Å². The van der Waals surface area contributed by atoms with Crippen LogP contribution < -0.4 is 5.73 Å². The summed E-state index contributed by atoms with van der Waals surface area (Å²) in [5, 5.41) is 19.1. The molecule has 0 saturated carbocycles. The quantitative estimate of drug-likeness (QED) is 0.608. The number of nitrogens with two attached hydrogens (primary N) is 1. The van der Waals surface area contributed by atoms with Gasteiger partial charge in [-0.25, -0.2) is 13.8 Å². The predicted octanol–water partition coefficient (Wildman–Crippen LogP) is 1.14. The lowest BCUT2D eigenvalue weighted by atomic mass is 10.0. The molecule has 0 aromatic carbocycles. The molecule has 1 rings (SSSR count). The van der Waals surface area contributed by atoms with Crippen molar-refractivity contribution in [3.8, 4) is 0 Å². The van der Waals surface area contributed by atoms with Gasteiger partial charge >= 0.3 is 5.97 Å². The lowest BCUT2D eigenvalue weighted by molar-refractivity contribution is -0.385. The van der Waals surface area contributed by atoms with E-state index in [0.717, 1.165) is 0 Å². The number of nitrogens with zero attached hydrogens (tertiary/aromatic N) is 2. The van der Waals surface area contributed by atoms with E-state index in [9.17, 15) is 23.7 Å². The van der Waals surface area contributed by atoms with E-state index in [4.69, 9.17) is 10.8 Å². The van der Waals surface area contributed by atoms with Gasteiger partial charge in [-0.15, -0.1) is 0 Å². The molecule has 0 aliphatic carbocycles. The van der Waals surface area contributed by atoms with E-state index >= 15 is 0 Å². The highest BCUT2D eigenvalue weighted by Gasteiger charge is 2.27. The zero-order chi connectivity index (χ0) is 13.2. The highest BCUT2D eigenvalue weighted by atomic mass is 19.3. The first-order valence-corrected chi connectivity index (χ1v) is 4.26. The largest absolute Gasteiger partial charge is 0.481 e. The lowest BCUT2D eigenvalue weighted by Crippen LogP contribution is -2.11. The summed E-state index contributed by atoms with van der Waals surface area (Å²) < 4.78 is 25.3. The number of rotatable bonds is 4. The minimum atomic E-state index is -3.13. The third-order valence-electron chi connectivity index (χ3n) is 1.98. The average Bonchev–Trinajstić information content (AvgIpc) is 2.15. The number of aromatic nitrogens is 1. The summed E-state index contributed by atoms with van der Waals surface area (Å²) >= 11 is 0. The molecule has 0 aliphatic rings. The minimum absolute atomic E-state index is 0.609. The summed E-state index contributed by atoms with van der Waals surface area (Å²) in [5.41, 5.74) is 2.86. The summed E-state index contributed by atoms with van der Waals surface area (Å²) in [4.78, 5) is 23.4. The second-order valence-corrected chi connectivity index (χ2v) is 3.05. The van der Waals surface area contributed by atoms with Gasteiger partial charge in [-0.3, -0.25) is 14.9 Å². The Kier molecular flexibility index (Phi) is 3.51. The van der Waals surface area contributed by atoms with Gasteiger partial charge in [-0.05, 0) is 0 Å². The van der Waals surface area contributed by atoms with E-state index in [0.29, 0.717) is 6.20 Å². The fraction of sp³-hybridized carbons (Fsp3) is 0.250. The summed E-state index contributed by atoms with van der Waals surface area (Å²) in [6.07, 6.45) is -3.38. The lowest BCUT2D eigenvalue weighted by Gasteiger charge is -2.09. The van der Waals surface area contributed by atoms with Crippen LogP contribution in [0, 0.1) is 10.1 Å². The van der Waals surface area contributed by atoms with Crippen LogP contribution in [0.2, 0.25) is 0 Å². The molecule has 1 aromatic rings. The summed E-state index contributed by atoms with van der Waals surface area (Å²) in [5.74, 6) is -2.08. The molecule has 0 radical (unpaired) electrons. The third kappa shape index (κ3) is 2.62. The molecule has 7 nitrogen and oxygen atoms in total. The maximum absolute atomic E-state index is 12.6. The highest BCUT2D eigenvalue weighted by Crippen LogP contribution is 2.33. The highest BCUT2D eigenvalue weighted by molar-refractivity contribution is 5.74. The van der Waals surface area contributed by atoms with Crippen molar-refractivity contribution in [2.24, 2.45) is 0 Å². The number of carboxylic acid groups (broad SMARTS) is 1. The van der Waals surface area contributed by atoms with E-state index in [1.807, 2.05) is 0 Å². The van der Waals surface area contributed by atoms with Gasteiger partial charge in [-0.1, -0.05) is 0 Å². The number of nitro groups is 1. The van der Waals surface area contributed by atoms with Gasteiger partial charge in [0.1, 0.15) is 12.0 Å². The van der Waals surface area contributed by atoms with Crippen molar-refractivity contribution in [3.05, 3.63) is 27.4 Å². The number of pyridine rings is 1. The molecule has 1 heterocycles. The van der Waals surface area contributed by atoms with E-state index in [2.05, 4.69) is 4.98 Å². The normalized spacial score (nSPS) is 10.5. The molecule has 17 heavy (non-hydrogen) atoms. The van der Waals surface area contributed by atoms with Gasteiger partial charge in [0.2, 0.25) is 0 Å². The standard InChI is InChI=1S/C8H7F2N3O4/c9-7(10)6-3(1-5(14)15)4(13(16)17)2-12-8(6)11/h2,7H,1H2,(H2,11,12)(H,14,15). The van der Waals surface area contributed by atoms with Gasteiger partial charge in [0.15, 0.2) is 0 Å². The topological polar surface area (TPSA) is 119 Å². The molecule has 0 aliphatic heterocycles. The average molecular weight is 247 g/mol. The van der Waals surface area contributed by atoms with Gasteiger partial charge in [0.25, 0.3) is 12.1 Å². The fourth-order valence-corrected chi connectivity index (χ4v) is 1.31. The summed E-state index contributed by atoms with van der Waals surface area (Å²) in [6, 6.07) is 0. The number of carbonyl (C=O) groups is 1. The number of carboxylic acids is 1. The molecule has 9 heteroatoms. The molecular weight excluding hydrogens is 240 g/mol. The number of alkyl halides is 2. The Morgan fingerprint density at radius 1 is 1.65 bits per heavy atom. The maximum Gasteiger partial charge on any atom is 0.308 e. The predicted molar refractivity (Wildman–Crippen MR) is 51.6 cm³/mol. The molecular formula is C8H7F2N3O4. The molecule has 0 saturated heterocycles. The SMILES string of the molecule is Nc1ncc([N+](=O)[O-])c(CC(=O)O)c1C(F)F.